The van der Waals surface area contributed by atoms with E-state index >= 15 is 4.39 Å². The highest BCUT2D eigenvalue weighted by Gasteiger charge is 2.42. The van der Waals surface area contributed by atoms with E-state index in [1.54, 1.807) is 48.5 Å². The Morgan fingerprint density at radius 1 is 1.23 bits per heavy atom. The average molecular weight is 373 g/mol. The number of nitrogens with zero attached hydrogens (tertiary/aromatic N) is 1. The molecule has 1 unspecified atom stereocenters. The van der Waals surface area contributed by atoms with Crippen molar-refractivity contribution in [2.75, 3.05) is 18.4 Å². The lowest BCUT2D eigenvalue weighted by Gasteiger charge is -2.22. The minimum absolute atomic E-state index is 0.0323. The molecule has 0 spiro atoms. The lowest BCUT2D eigenvalue weighted by Crippen LogP contribution is -2.32. The van der Waals surface area contributed by atoms with Crippen molar-refractivity contribution in [2.24, 2.45) is 0 Å². The van der Waals surface area contributed by atoms with Gasteiger partial charge in [0.15, 0.2) is 5.67 Å². The SMILES string of the molecule is C=CC(=O)Nc1cccc(C(=O)N2CCC(F)(c3cccc(Cl)c3)C2)c1. The molecule has 1 N–H and O–H groups in total. The van der Waals surface area contributed by atoms with Gasteiger partial charge in [-0.25, -0.2) is 4.39 Å². The summed E-state index contributed by atoms with van der Waals surface area (Å²) in [5, 5.41) is 3.08. The van der Waals surface area contributed by atoms with Gasteiger partial charge in [0.1, 0.15) is 0 Å². The highest BCUT2D eigenvalue weighted by atomic mass is 35.5. The first kappa shape index (κ1) is 18.1. The van der Waals surface area contributed by atoms with Crippen LogP contribution in [0.25, 0.3) is 0 Å². The first-order valence-corrected chi connectivity index (χ1v) is 8.57. The molecule has 3 rings (SSSR count). The van der Waals surface area contributed by atoms with Crippen LogP contribution in [-0.2, 0) is 10.5 Å². The summed E-state index contributed by atoms with van der Waals surface area (Å²) < 4.78 is 15.3. The largest absolute Gasteiger partial charge is 0.335 e. The number of hydrogen-bond acceptors (Lipinski definition) is 2. The molecule has 1 aliphatic heterocycles. The second-order valence-electron chi connectivity index (χ2n) is 6.23. The molecule has 6 heteroatoms. The third kappa shape index (κ3) is 3.78. The topological polar surface area (TPSA) is 49.4 Å². The summed E-state index contributed by atoms with van der Waals surface area (Å²) in [4.78, 5) is 25.6. The van der Waals surface area contributed by atoms with Crippen LogP contribution in [0.1, 0.15) is 22.3 Å². The summed E-state index contributed by atoms with van der Waals surface area (Å²) in [5.41, 5.74) is -0.259. The van der Waals surface area contributed by atoms with Gasteiger partial charge in [-0.15, -0.1) is 0 Å². The van der Waals surface area contributed by atoms with Gasteiger partial charge in [-0.2, -0.15) is 0 Å². The molecule has 4 nitrogen and oxygen atoms in total. The maximum Gasteiger partial charge on any atom is 0.254 e. The number of carbonyl (C=O) groups excluding carboxylic acids is 2. The van der Waals surface area contributed by atoms with E-state index < -0.39 is 5.67 Å². The van der Waals surface area contributed by atoms with E-state index in [1.807, 2.05) is 0 Å². The molecule has 2 amide bonds. The molecule has 2 aromatic rings. The first-order chi connectivity index (χ1) is 12.4. The highest BCUT2D eigenvalue weighted by Crippen LogP contribution is 2.37. The van der Waals surface area contributed by atoms with Crippen molar-refractivity contribution in [1.29, 1.82) is 0 Å². The molecule has 1 aliphatic rings. The van der Waals surface area contributed by atoms with Crippen LogP contribution in [0.5, 0.6) is 0 Å². The highest BCUT2D eigenvalue weighted by molar-refractivity contribution is 6.30. The Kier molecular flexibility index (Phi) is 5.09. The molecule has 0 aromatic heterocycles. The van der Waals surface area contributed by atoms with Crippen molar-refractivity contribution in [3.8, 4) is 0 Å². The second-order valence-corrected chi connectivity index (χ2v) is 6.66. The Labute approximate surface area is 156 Å². The van der Waals surface area contributed by atoms with Gasteiger partial charge in [0.25, 0.3) is 5.91 Å². The number of carbonyl (C=O) groups is 2. The molecule has 1 fully saturated rings. The van der Waals surface area contributed by atoms with Crippen molar-refractivity contribution in [3.63, 3.8) is 0 Å². The number of likely N-dealkylation sites (tertiary alicyclic amines) is 1. The third-order valence-corrected chi connectivity index (χ3v) is 4.65. The molecule has 26 heavy (non-hydrogen) atoms. The molecule has 0 bridgehead atoms. The van der Waals surface area contributed by atoms with Crippen LogP contribution in [0.3, 0.4) is 0 Å². The smallest absolute Gasteiger partial charge is 0.254 e. The Bertz CT molecular complexity index is 870. The summed E-state index contributed by atoms with van der Waals surface area (Å²) >= 11 is 5.96. The lowest BCUT2D eigenvalue weighted by molar-refractivity contribution is -0.111. The normalized spacial score (nSPS) is 19.2. The molecule has 2 aromatic carbocycles. The van der Waals surface area contributed by atoms with E-state index in [0.29, 0.717) is 28.4 Å². The second kappa shape index (κ2) is 7.30. The molecule has 0 saturated carbocycles. The molecule has 1 atom stereocenters. The van der Waals surface area contributed by atoms with Crippen LogP contribution in [0, 0.1) is 0 Å². The number of benzene rings is 2. The maximum atomic E-state index is 15.3. The maximum absolute atomic E-state index is 15.3. The summed E-state index contributed by atoms with van der Waals surface area (Å²) in [6.45, 7) is 3.67. The van der Waals surface area contributed by atoms with Crippen LogP contribution in [0.15, 0.2) is 61.2 Å². The van der Waals surface area contributed by atoms with Crippen molar-refractivity contribution in [2.45, 2.75) is 12.1 Å². The molecule has 1 saturated heterocycles. The third-order valence-electron chi connectivity index (χ3n) is 4.41. The molecular weight excluding hydrogens is 355 g/mol. The van der Waals surface area contributed by atoms with Crippen molar-refractivity contribution >= 4 is 29.1 Å². The van der Waals surface area contributed by atoms with Gasteiger partial charge >= 0.3 is 0 Å². The number of rotatable bonds is 4. The van der Waals surface area contributed by atoms with E-state index in [9.17, 15) is 9.59 Å². The molecule has 0 aliphatic carbocycles. The summed E-state index contributed by atoms with van der Waals surface area (Å²) in [5.74, 6) is -0.638. The number of alkyl halides is 1. The van der Waals surface area contributed by atoms with Crippen LogP contribution in [0.2, 0.25) is 5.02 Å². The van der Waals surface area contributed by atoms with Crippen molar-refractivity contribution in [3.05, 3.63) is 77.3 Å². The number of hydrogen-bond donors (Lipinski definition) is 1. The van der Waals surface area contributed by atoms with Gasteiger partial charge in [0, 0.05) is 29.2 Å². The minimum atomic E-state index is -1.62. The van der Waals surface area contributed by atoms with Gasteiger partial charge in [-0.05, 0) is 42.0 Å². The number of halogens is 2. The van der Waals surface area contributed by atoms with Gasteiger partial charge in [-0.1, -0.05) is 36.4 Å². The minimum Gasteiger partial charge on any atom is -0.335 e. The van der Waals surface area contributed by atoms with E-state index in [4.69, 9.17) is 11.6 Å². The predicted molar refractivity (Wildman–Crippen MR) is 100 cm³/mol. The van der Waals surface area contributed by atoms with E-state index in [2.05, 4.69) is 11.9 Å². The lowest BCUT2D eigenvalue weighted by atomic mass is 9.95. The van der Waals surface area contributed by atoms with Crippen molar-refractivity contribution < 1.29 is 14.0 Å². The summed E-state index contributed by atoms with van der Waals surface area (Å²) in [6, 6.07) is 13.2. The van der Waals surface area contributed by atoms with Crippen LogP contribution >= 0.6 is 11.6 Å². The quantitative estimate of drug-likeness (QED) is 0.819. The zero-order chi connectivity index (χ0) is 18.7. The molecule has 134 valence electrons. The first-order valence-electron chi connectivity index (χ1n) is 8.19. The monoisotopic (exact) mass is 372 g/mol. The van der Waals surface area contributed by atoms with Gasteiger partial charge in [0.2, 0.25) is 5.91 Å². The predicted octanol–water partition coefficient (Wildman–Crippen LogP) is 4.18. The van der Waals surface area contributed by atoms with Crippen LogP contribution in [0.4, 0.5) is 10.1 Å². The van der Waals surface area contributed by atoms with E-state index in [1.165, 1.54) is 4.90 Å². The fraction of sp³-hybridized carbons (Fsp3) is 0.200. The summed E-state index contributed by atoms with van der Waals surface area (Å²) in [6.07, 6.45) is 1.36. The van der Waals surface area contributed by atoms with Gasteiger partial charge in [0.05, 0.1) is 6.54 Å². The number of anilines is 1. The number of amides is 2. The Morgan fingerprint density at radius 2 is 2.00 bits per heavy atom. The molecule has 0 radical (unpaired) electrons. The van der Waals surface area contributed by atoms with Crippen molar-refractivity contribution in [1.82, 2.24) is 4.90 Å². The Morgan fingerprint density at radius 3 is 2.73 bits per heavy atom. The standard InChI is InChI=1S/C20H18ClFN2O2/c1-2-18(25)23-17-8-3-5-14(11-17)19(26)24-10-9-20(22,13-24)15-6-4-7-16(21)12-15/h2-8,11-12H,1,9-10,13H2,(H,23,25). The zero-order valence-electron chi connectivity index (χ0n) is 14.0. The average Bonchev–Trinajstić information content (AvgIpc) is 3.05. The van der Waals surface area contributed by atoms with Crippen LogP contribution in [-0.4, -0.2) is 29.8 Å². The Hall–Kier alpha value is -2.66. The van der Waals surface area contributed by atoms with Gasteiger partial charge in [-0.3, -0.25) is 9.59 Å². The fourth-order valence-corrected chi connectivity index (χ4v) is 3.25. The van der Waals surface area contributed by atoms with E-state index in [0.717, 1.165) is 6.08 Å². The Balaban J connectivity index is 1.76. The van der Waals surface area contributed by atoms with E-state index in [-0.39, 0.29) is 24.8 Å². The fourth-order valence-electron chi connectivity index (χ4n) is 3.05. The number of nitrogens with one attached hydrogen (secondary N) is 1. The zero-order valence-corrected chi connectivity index (χ0v) is 14.8. The molecular formula is C20H18ClFN2O2. The molecule has 1 heterocycles. The van der Waals surface area contributed by atoms with Crippen LogP contribution < -0.4 is 5.32 Å². The summed E-state index contributed by atoms with van der Waals surface area (Å²) in [7, 11) is 0. The van der Waals surface area contributed by atoms with Gasteiger partial charge < -0.3 is 10.2 Å².